The van der Waals surface area contributed by atoms with E-state index in [2.05, 4.69) is 13.8 Å². The van der Waals surface area contributed by atoms with Gasteiger partial charge in [0.25, 0.3) is 0 Å². The molecule has 2 saturated carbocycles. The number of aliphatic hydroxyl groups is 5. The zero-order valence-electron chi connectivity index (χ0n) is 13.8. The first-order valence-corrected chi connectivity index (χ1v) is 8.33. The fourth-order valence-corrected chi connectivity index (χ4v) is 4.75. The summed E-state index contributed by atoms with van der Waals surface area (Å²) in [7, 11) is 0. The van der Waals surface area contributed by atoms with E-state index in [4.69, 9.17) is 9.47 Å². The van der Waals surface area contributed by atoms with Crippen molar-refractivity contribution in [3.05, 3.63) is 0 Å². The number of rotatable bonds is 4. The Morgan fingerprint density at radius 2 is 1.74 bits per heavy atom. The molecule has 0 spiro atoms. The zero-order valence-corrected chi connectivity index (χ0v) is 13.8. The molecule has 2 aliphatic carbocycles. The first kappa shape index (κ1) is 17.5. The molecule has 1 saturated heterocycles. The summed E-state index contributed by atoms with van der Waals surface area (Å²) < 4.78 is 11.4. The van der Waals surface area contributed by atoms with Crippen LogP contribution in [0.15, 0.2) is 0 Å². The van der Waals surface area contributed by atoms with Gasteiger partial charge in [0.05, 0.1) is 18.3 Å². The van der Waals surface area contributed by atoms with E-state index in [-0.39, 0.29) is 11.3 Å². The lowest BCUT2D eigenvalue weighted by Gasteiger charge is -2.43. The highest BCUT2D eigenvalue weighted by atomic mass is 16.7. The van der Waals surface area contributed by atoms with Crippen LogP contribution in [0, 0.1) is 17.3 Å². The van der Waals surface area contributed by atoms with Crippen molar-refractivity contribution in [2.45, 2.75) is 76.0 Å². The number of fused-ring (bicyclic) bond motifs is 1. The Kier molecular flexibility index (Phi) is 4.29. The molecule has 0 bridgehead atoms. The quantitative estimate of drug-likeness (QED) is 0.447. The molecule has 0 aromatic heterocycles. The molecule has 0 amide bonds. The molecule has 3 rings (SSSR count). The van der Waals surface area contributed by atoms with Crippen LogP contribution in [0.5, 0.6) is 0 Å². The van der Waals surface area contributed by atoms with Gasteiger partial charge in [0, 0.05) is 11.8 Å². The van der Waals surface area contributed by atoms with Gasteiger partial charge < -0.3 is 35.0 Å². The van der Waals surface area contributed by atoms with Crippen molar-refractivity contribution in [3.63, 3.8) is 0 Å². The van der Waals surface area contributed by atoms with Crippen LogP contribution in [0.1, 0.15) is 33.6 Å². The van der Waals surface area contributed by atoms with Crippen molar-refractivity contribution in [3.8, 4) is 0 Å². The Labute approximate surface area is 135 Å². The van der Waals surface area contributed by atoms with Crippen LogP contribution < -0.4 is 0 Å². The first-order valence-electron chi connectivity index (χ1n) is 8.33. The molecule has 134 valence electrons. The van der Waals surface area contributed by atoms with Crippen molar-refractivity contribution in [1.29, 1.82) is 0 Å². The van der Waals surface area contributed by atoms with Crippen LogP contribution in [-0.2, 0) is 9.47 Å². The SMILES string of the molecule is CC(C)[C@@]12C[C@@H]1[C@@](C)(O[C@@H]1O[C@H](CO)[C@@H](O)[C@H](O)[C@H]1O)C[C@@H]2O. The molecule has 23 heavy (non-hydrogen) atoms. The van der Waals surface area contributed by atoms with Gasteiger partial charge in [0.1, 0.15) is 24.4 Å². The summed E-state index contributed by atoms with van der Waals surface area (Å²) >= 11 is 0. The van der Waals surface area contributed by atoms with E-state index < -0.39 is 49.0 Å². The van der Waals surface area contributed by atoms with E-state index in [9.17, 15) is 25.5 Å². The summed E-state index contributed by atoms with van der Waals surface area (Å²) in [6.45, 7) is 5.58. The average Bonchev–Trinajstić information content (AvgIpc) is 3.21. The second-order valence-corrected chi connectivity index (χ2v) is 7.87. The Morgan fingerprint density at radius 1 is 1.09 bits per heavy atom. The minimum Gasteiger partial charge on any atom is -0.394 e. The Balaban J connectivity index is 1.74. The smallest absolute Gasteiger partial charge is 0.187 e. The lowest BCUT2D eigenvalue weighted by Crippen LogP contribution is -2.60. The van der Waals surface area contributed by atoms with Crippen molar-refractivity contribution < 1.29 is 35.0 Å². The van der Waals surface area contributed by atoms with Crippen LogP contribution in [0.2, 0.25) is 0 Å². The van der Waals surface area contributed by atoms with Crippen LogP contribution in [0.4, 0.5) is 0 Å². The third kappa shape index (κ3) is 2.45. The maximum atomic E-state index is 10.5. The van der Waals surface area contributed by atoms with Crippen molar-refractivity contribution in [1.82, 2.24) is 0 Å². The van der Waals surface area contributed by atoms with Gasteiger partial charge in [0.15, 0.2) is 6.29 Å². The molecule has 7 heteroatoms. The van der Waals surface area contributed by atoms with Crippen molar-refractivity contribution in [2.75, 3.05) is 6.61 Å². The normalized spacial score (nSPS) is 56.0. The molecule has 0 aromatic rings. The van der Waals surface area contributed by atoms with Crippen LogP contribution in [0.25, 0.3) is 0 Å². The lowest BCUT2D eigenvalue weighted by atomic mass is 9.88. The lowest BCUT2D eigenvalue weighted by molar-refractivity contribution is -0.327. The molecule has 7 nitrogen and oxygen atoms in total. The summed E-state index contributed by atoms with van der Waals surface area (Å²) in [6, 6.07) is 0. The highest BCUT2D eigenvalue weighted by Crippen LogP contribution is 2.71. The van der Waals surface area contributed by atoms with Gasteiger partial charge in [-0.1, -0.05) is 13.8 Å². The zero-order chi connectivity index (χ0) is 17.2. The molecular formula is C16H28O7. The number of aliphatic hydroxyl groups excluding tert-OH is 5. The van der Waals surface area contributed by atoms with Gasteiger partial charge in [-0.05, 0) is 25.2 Å². The minimum atomic E-state index is -1.45. The third-order valence-electron chi connectivity index (χ3n) is 6.31. The van der Waals surface area contributed by atoms with Gasteiger partial charge in [-0.15, -0.1) is 0 Å². The molecule has 3 aliphatic rings. The fraction of sp³-hybridized carbons (Fsp3) is 1.00. The number of hydrogen-bond acceptors (Lipinski definition) is 7. The van der Waals surface area contributed by atoms with Gasteiger partial charge in [-0.3, -0.25) is 0 Å². The molecule has 5 N–H and O–H groups in total. The van der Waals surface area contributed by atoms with E-state index in [1.54, 1.807) is 0 Å². The monoisotopic (exact) mass is 332 g/mol. The first-order chi connectivity index (χ1) is 10.7. The van der Waals surface area contributed by atoms with Crippen LogP contribution >= 0.6 is 0 Å². The maximum Gasteiger partial charge on any atom is 0.187 e. The van der Waals surface area contributed by atoms with E-state index in [1.165, 1.54) is 0 Å². The molecule has 0 aromatic carbocycles. The topological polar surface area (TPSA) is 120 Å². The van der Waals surface area contributed by atoms with Crippen LogP contribution in [-0.4, -0.2) is 74.6 Å². The maximum absolute atomic E-state index is 10.5. The molecule has 0 unspecified atom stereocenters. The minimum absolute atomic E-state index is 0.150. The second-order valence-electron chi connectivity index (χ2n) is 7.87. The molecule has 3 fully saturated rings. The molecule has 0 radical (unpaired) electrons. The summed E-state index contributed by atoms with van der Waals surface area (Å²) in [5, 5.41) is 49.6. The average molecular weight is 332 g/mol. The molecule has 1 aliphatic heterocycles. The van der Waals surface area contributed by atoms with E-state index in [0.29, 0.717) is 12.3 Å². The van der Waals surface area contributed by atoms with Crippen LogP contribution in [0.3, 0.4) is 0 Å². The standard InChI is InChI=1S/C16H28O7/c1-7(2)16-4-9(16)15(3,5-10(16)18)23-14-13(21)12(20)11(19)8(6-17)22-14/h7-14,17-21H,4-6H2,1-3H3/t8-,9-,10+,11-,12+,13-,14+,15+,16+/m1/s1. The van der Waals surface area contributed by atoms with Gasteiger partial charge in [-0.25, -0.2) is 0 Å². The molecular weight excluding hydrogens is 304 g/mol. The largest absolute Gasteiger partial charge is 0.394 e. The Hall–Kier alpha value is -0.280. The molecule has 1 heterocycles. The van der Waals surface area contributed by atoms with Gasteiger partial charge >= 0.3 is 0 Å². The van der Waals surface area contributed by atoms with Crippen molar-refractivity contribution in [2.24, 2.45) is 17.3 Å². The second kappa shape index (κ2) is 5.62. The molecule has 9 atom stereocenters. The fourth-order valence-electron chi connectivity index (χ4n) is 4.75. The highest BCUT2D eigenvalue weighted by molar-refractivity contribution is 5.22. The summed E-state index contributed by atoms with van der Waals surface area (Å²) in [4.78, 5) is 0. The highest BCUT2D eigenvalue weighted by Gasteiger charge is 2.73. The Morgan fingerprint density at radius 3 is 2.22 bits per heavy atom. The predicted octanol–water partition coefficient (Wildman–Crippen LogP) is -1.01. The van der Waals surface area contributed by atoms with E-state index in [1.807, 2.05) is 6.92 Å². The Bertz CT molecular complexity index is 456. The summed E-state index contributed by atoms with van der Waals surface area (Å²) in [5.74, 6) is 0.486. The third-order valence-corrected chi connectivity index (χ3v) is 6.31. The van der Waals surface area contributed by atoms with E-state index in [0.717, 1.165) is 6.42 Å². The summed E-state index contributed by atoms with van der Waals surface area (Å²) in [6.07, 6.45) is -5.56. The van der Waals surface area contributed by atoms with E-state index >= 15 is 0 Å². The summed E-state index contributed by atoms with van der Waals surface area (Å²) in [5.41, 5.74) is -0.819. The van der Waals surface area contributed by atoms with Crippen molar-refractivity contribution >= 4 is 0 Å². The van der Waals surface area contributed by atoms with Gasteiger partial charge in [0.2, 0.25) is 0 Å². The number of ether oxygens (including phenoxy) is 2. The predicted molar refractivity (Wildman–Crippen MR) is 79.3 cm³/mol. The van der Waals surface area contributed by atoms with Gasteiger partial charge in [-0.2, -0.15) is 0 Å². The number of hydrogen-bond donors (Lipinski definition) is 5.